The van der Waals surface area contributed by atoms with Gasteiger partial charge in [-0.1, -0.05) is 62.4 Å². The number of fused-ring (bicyclic) bond motifs is 1. The van der Waals surface area contributed by atoms with E-state index in [-0.39, 0.29) is 11.5 Å². The Morgan fingerprint density at radius 3 is 2.33 bits per heavy atom. The molecule has 1 fully saturated rings. The molecule has 6 nitrogen and oxygen atoms in total. The summed E-state index contributed by atoms with van der Waals surface area (Å²) in [4.78, 5) is 15.8. The summed E-state index contributed by atoms with van der Waals surface area (Å²) in [6.07, 6.45) is 2.11. The van der Waals surface area contributed by atoms with Gasteiger partial charge >= 0.3 is 7.12 Å². The zero-order valence-electron chi connectivity index (χ0n) is 23.4. The van der Waals surface area contributed by atoms with E-state index in [9.17, 15) is 14.8 Å². The van der Waals surface area contributed by atoms with Gasteiger partial charge in [0.25, 0.3) is 0 Å². The lowest BCUT2D eigenvalue weighted by Gasteiger charge is -2.37. The van der Waals surface area contributed by atoms with Crippen LogP contribution in [0.5, 0.6) is 0 Å². The molecule has 7 heteroatoms. The number of anilines is 2. The summed E-state index contributed by atoms with van der Waals surface area (Å²) in [6, 6.07) is 19.1. The summed E-state index contributed by atoms with van der Waals surface area (Å²) in [5, 5.41) is 23.2. The molecule has 4 aromatic rings. The van der Waals surface area contributed by atoms with E-state index in [1.807, 2.05) is 56.3 Å². The quantitative estimate of drug-likeness (QED) is 0.287. The van der Waals surface area contributed by atoms with E-state index in [0.29, 0.717) is 33.3 Å². The molecule has 1 aliphatic heterocycles. The number of piperidine rings is 1. The minimum atomic E-state index is -1.50. The van der Waals surface area contributed by atoms with Gasteiger partial charge in [-0.2, -0.15) is 0 Å². The first-order valence-corrected chi connectivity index (χ1v) is 13.7. The van der Waals surface area contributed by atoms with Crippen molar-refractivity contribution < 1.29 is 14.5 Å². The molecule has 1 aromatic heterocycles. The van der Waals surface area contributed by atoms with Crippen molar-refractivity contribution in [3.63, 3.8) is 0 Å². The molecule has 0 radical (unpaired) electrons. The lowest BCUT2D eigenvalue weighted by Crippen LogP contribution is -2.38. The highest BCUT2D eigenvalue weighted by Gasteiger charge is 2.29. The van der Waals surface area contributed by atoms with Crippen molar-refractivity contribution in [2.45, 2.75) is 53.5 Å². The molecule has 2 heterocycles. The third-order valence-electron chi connectivity index (χ3n) is 8.06. The van der Waals surface area contributed by atoms with Crippen molar-refractivity contribution in [3.8, 4) is 11.1 Å². The van der Waals surface area contributed by atoms with E-state index < -0.39 is 7.12 Å². The first-order chi connectivity index (χ1) is 18.5. The minimum Gasteiger partial charge on any atom is -0.440 e. The van der Waals surface area contributed by atoms with Crippen LogP contribution in [-0.4, -0.2) is 30.3 Å². The molecule has 0 saturated carbocycles. The van der Waals surface area contributed by atoms with Crippen LogP contribution in [0.2, 0.25) is 0 Å². The SMILES string of the molecule is Cc1cc(C(C)Nc2ccccc2-c2ccc(B(O)O)cc2)c2oc(N3CCC(C)(C)CC3)c(C)c(=O)c2c1. The number of aryl methyl sites for hydroxylation is 1. The Morgan fingerprint density at radius 2 is 1.67 bits per heavy atom. The van der Waals surface area contributed by atoms with E-state index in [4.69, 9.17) is 4.42 Å². The zero-order valence-corrected chi connectivity index (χ0v) is 23.4. The predicted molar refractivity (Wildman–Crippen MR) is 161 cm³/mol. The molecule has 0 spiro atoms. The van der Waals surface area contributed by atoms with E-state index in [2.05, 4.69) is 37.1 Å². The van der Waals surface area contributed by atoms with Gasteiger partial charge < -0.3 is 24.7 Å². The van der Waals surface area contributed by atoms with Gasteiger partial charge in [-0.3, -0.25) is 4.79 Å². The van der Waals surface area contributed by atoms with Gasteiger partial charge in [0.05, 0.1) is 17.0 Å². The third-order valence-corrected chi connectivity index (χ3v) is 8.06. The molecule has 5 rings (SSSR count). The lowest BCUT2D eigenvalue weighted by atomic mass is 9.80. The molecule has 3 N–H and O–H groups in total. The maximum Gasteiger partial charge on any atom is 0.488 e. The fourth-order valence-electron chi connectivity index (χ4n) is 5.50. The average Bonchev–Trinajstić information content (AvgIpc) is 2.91. The van der Waals surface area contributed by atoms with Gasteiger partial charge in [-0.15, -0.1) is 0 Å². The zero-order chi connectivity index (χ0) is 27.9. The second-order valence-electron chi connectivity index (χ2n) is 11.7. The van der Waals surface area contributed by atoms with Crippen molar-refractivity contribution in [3.05, 3.63) is 87.6 Å². The van der Waals surface area contributed by atoms with Crippen molar-refractivity contribution >= 4 is 35.1 Å². The van der Waals surface area contributed by atoms with E-state index >= 15 is 0 Å². The molecule has 0 bridgehead atoms. The van der Waals surface area contributed by atoms with Crippen LogP contribution in [0.4, 0.5) is 11.6 Å². The third kappa shape index (κ3) is 5.47. The Hall–Kier alpha value is -3.55. The lowest BCUT2D eigenvalue weighted by molar-refractivity contribution is 0.274. The van der Waals surface area contributed by atoms with Crippen molar-refractivity contribution in [2.75, 3.05) is 23.3 Å². The van der Waals surface area contributed by atoms with Gasteiger partial charge in [0.2, 0.25) is 5.88 Å². The number of para-hydroxylation sites is 1. The maximum atomic E-state index is 13.6. The topological polar surface area (TPSA) is 85.9 Å². The first-order valence-electron chi connectivity index (χ1n) is 13.7. The Bertz CT molecular complexity index is 1550. The highest BCUT2D eigenvalue weighted by atomic mass is 16.4. The molecule has 0 amide bonds. The second kappa shape index (κ2) is 10.6. The highest BCUT2D eigenvalue weighted by Crippen LogP contribution is 2.37. The fraction of sp³-hybridized carbons (Fsp3) is 0.344. The summed E-state index contributed by atoms with van der Waals surface area (Å²) in [6.45, 7) is 12.3. The summed E-state index contributed by atoms with van der Waals surface area (Å²) in [5.41, 5.74) is 6.91. The number of nitrogens with one attached hydrogen (secondary N) is 1. The molecule has 1 saturated heterocycles. The van der Waals surface area contributed by atoms with Gasteiger partial charge in [-0.05, 0) is 67.8 Å². The standard InChI is InChI=1S/C32H37BN2O4/c1-20-18-26(22(3)34-28-9-7-6-8-25(28)23-10-12-24(13-11-23)33(37)38)30-27(19-20)29(36)21(2)31(39-30)35-16-14-32(4,5)15-17-35/h6-13,18-19,22,34,37-38H,14-17H2,1-5H3. The van der Waals surface area contributed by atoms with Crippen molar-refractivity contribution in [1.29, 1.82) is 0 Å². The van der Waals surface area contributed by atoms with E-state index in [1.165, 1.54) is 0 Å². The van der Waals surface area contributed by atoms with Crippen LogP contribution in [0.1, 0.15) is 56.3 Å². The number of hydrogen-bond donors (Lipinski definition) is 3. The van der Waals surface area contributed by atoms with Gasteiger partial charge in [0.1, 0.15) is 5.58 Å². The monoisotopic (exact) mass is 524 g/mol. The van der Waals surface area contributed by atoms with Crippen molar-refractivity contribution in [1.82, 2.24) is 0 Å². The molecule has 1 atom stereocenters. The van der Waals surface area contributed by atoms with Crippen LogP contribution in [-0.2, 0) is 0 Å². The second-order valence-corrected chi connectivity index (χ2v) is 11.7. The molecular formula is C32H37BN2O4. The van der Waals surface area contributed by atoms with Gasteiger partial charge in [0, 0.05) is 29.9 Å². The maximum absolute atomic E-state index is 13.6. The molecule has 39 heavy (non-hydrogen) atoms. The van der Waals surface area contributed by atoms with Gasteiger partial charge in [-0.25, -0.2) is 0 Å². The number of nitrogens with zero attached hydrogens (tertiary/aromatic N) is 1. The molecule has 1 aliphatic rings. The van der Waals surface area contributed by atoms with Crippen LogP contribution >= 0.6 is 0 Å². The van der Waals surface area contributed by atoms with Gasteiger partial charge in [0.15, 0.2) is 5.43 Å². The minimum absolute atomic E-state index is 0.0276. The molecule has 202 valence electrons. The smallest absolute Gasteiger partial charge is 0.440 e. The highest BCUT2D eigenvalue weighted by molar-refractivity contribution is 6.58. The number of rotatable bonds is 6. The summed E-state index contributed by atoms with van der Waals surface area (Å²) in [7, 11) is -1.50. The largest absolute Gasteiger partial charge is 0.488 e. The summed E-state index contributed by atoms with van der Waals surface area (Å²) in [5.74, 6) is 0.687. The Balaban J connectivity index is 1.53. The van der Waals surface area contributed by atoms with Crippen LogP contribution in [0.15, 0.2) is 69.9 Å². The molecular weight excluding hydrogens is 487 g/mol. The number of hydrogen-bond acceptors (Lipinski definition) is 6. The Kier molecular flexibility index (Phi) is 7.32. The Labute approximate surface area is 230 Å². The predicted octanol–water partition coefficient (Wildman–Crippen LogP) is 5.56. The fourth-order valence-corrected chi connectivity index (χ4v) is 5.50. The summed E-state index contributed by atoms with van der Waals surface area (Å²) < 4.78 is 6.62. The van der Waals surface area contributed by atoms with Crippen LogP contribution in [0.3, 0.4) is 0 Å². The molecule has 3 aromatic carbocycles. The van der Waals surface area contributed by atoms with Crippen LogP contribution in [0, 0.1) is 19.3 Å². The summed E-state index contributed by atoms with van der Waals surface area (Å²) >= 11 is 0. The molecule has 0 aliphatic carbocycles. The van der Waals surface area contributed by atoms with Crippen LogP contribution < -0.4 is 21.1 Å². The normalized spacial score (nSPS) is 15.8. The van der Waals surface area contributed by atoms with E-state index in [0.717, 1.165) is 53.9 Å². The average molecular weight is 524 g/mol. The Morgan fingerprint density at radius 1 is 1.00 bits per heavy atom. The first kappa shape index (κ1) is 27.0. The van der Waals surface area contributed by atoms with Crippen molar-refractivity contribution in [2.24, 2.45) is 5.41 Å². The van der Waals surface area contributed by atoms with E-state index in [1.54, 1.807) is 12.1 Å². The number of benzene rings is 3. The van der Waals surface area contributed by atoms with Crippen LogP contribution in [0.25, 0.3) is 22.1 Å². The molecule has 1 unspecified atom stereocenters.